The van der Waals surface area contributed by atoms with Gasteiger partial charge in [0.25, 0.3) is 5.69 Å². The quantitative estimate of drug-likeness (QED) is 0.175. The molecular formula is C22H37NO2. The van der Waals surface area contributed by atoms with Gasteiger partial charge in [0.2, 0.25) is 0 Å². The van der Waals surface area contributed by atoms with E-state index in [1.165, 1.54) is 83.5 Å². The molecule has 0 saturated carbocycles. The minimum absolute atomic E-state index is 0.265. The summed E-state index contributed by atoms with van der Waals surface area (Å²) in [5, 5.41) is 11.0. The zero-order chi connectivity index (χ0) is 18.2. The van der Waals surface area contributed by atoms with Gasteiger partial charge >= 0.3 is 0 Å². The molecule has 0 fully saturated rings. The summed E-state index contributed by atoms with van der Waals surface area (Å²) in [5.74, 6) is 0. The van der Waals surface area contributed by atoms with Crippen molar-refractivity contribution in [3.05, 3.63) is 39.9 Å². The molecule has 142 valence electrons. The molecule has 0 unspecified atom stereocenters. The summed E-state index contributed by atoms with van der Waals surface area (Å²) in [7, 11) is 0. The van der Waals surface area contributed by atoms with Gasteiger partial charge in [-0.2, -0.15) is 0 Å². The Labute approximate surface area is 154 Å². The van der Waals surface area contributed by atoms with Gasteiger partial charge in [-0.25, -0.2) is 0 Å². The number of nitro groups is 1. The van der Waals surface area contributed by atoms with Crippen LogP contribution in [-0.4, -0.2) is 4.92 Å². The van der Waals surface area contributed by atoms with E-state index in [4.69, 9.17) is 0 Å². The molecule has 0 aromatic heterocycles. The Morgan fingerprint density at radius 1 is 0.720 bits per heavy atom. The molecule has 1 aromatic carbocycles. The van der Waals surface area contributed by atoms with E-state index in [2.05, 4.69) is 6.92 Å². The second kappa shape index (κ2) is 14.9. The van der Waals surface area contributed by atoms with Gasteiger partial charge in [0.1, 0.15) is 0 Å². The number of benzene rings is 1. The lowest BCUT2D eigenvalue weighted by Crippen LogP contribution is -1.95. The van der Waals surface area contributed by atoms with E-state index in [1.54, 1.807) is 12.1 Å². The van der Waals surface area contributed by atoms with Crippen molar-refractivity contribution in [2.75, 3.05) is 0 Å². The second-order valence-corrected chi connectivity index (χ2v) is 7.23. The zero-order valence-corrected chi connectivity index (χ0v) is 16.2. The number of hydrogen-bond acceptors (Lipinski definition) is 2. The highest BCUT2D eigenvalue weighted by Crippen LogP contribution is 2.20. The average molecular weight is 348 g/mol. The molecule has 0 spiro atoms. The highest BCUT2D eigenvalue weighted by molar-refractivity contribution is 5.39. The van der Waals surface area contributed by atoms with Crippen LogP contribution in [0.4, 0.5) is 5.69 Å². The van der Waals surface area contributed by atoms with Gasteiger partial charge in [-0.05, 0) is 12.8 Å². The van der Waals surface area contributed by atoms with Crippen LogP contribution in [-0.2, 0) is 6.42 Å². The first-order valence-corrected chi connectivity index (χ1v) is 10.5. The van der Waals surface area contributed by atoms with Crippen LogP contribution >= 0.6 is 0 Å². The largest absolute Gasteiger partial charge is 0.272 e. The summed E-state index contributed by atoms with van der Waals surface area (Å²) in [5.41, 5.74) is 1.16. The van der Waals surface area contributed by atoms with Crippen LogP contribution in [0.25, 0.3) is 0 Å². The molecule has 1 rings (SSSR count). The fourth-order valence-electron chi connectivity index (χ4n) is 3.41. The highest BCUT2D eigenvalue weighted by Gasteiger charge is 2.11. The van der Waals surface area contributed by atoms with Crippen molar-refractivity contribution >= 4 is 5.69 Å². The highest BCUT2D eigenvalue weighted by atomic mass is 16.6. The fourth-order valence-corrected chi connectivity index (χ4v) is 3.41. The third kappa shape index (κ3) is 11.0. The van der Waals surface area contributed by atoms with Gasteiger partial charge in [0.15, 0.2) is 0 Å². The Morgan fingerprint density at radius 2 is 1.16 bits per heavy atom. The van der Waals surface area contributed by atoms with Gasteiger partial charge in [0.05, 0.1) is 4.92 Å². The summed E-state index contributed by atoms with van der Waals surface area (Å²) in [6.07, 6.45) is 19.6. The first-order chi connectivity index (χ1) is 12.3. The predicted molar refractivity (Wildman–Crippen MR) is 107 cm³/mol. The molecule has 1 aromatic rings. The molecule has 25 heavy (non-hydrogen) atoms. The van der Waals surface area contributed by atoms with E-state index in [1.807, 2.05) is 12.1 Å². The molecule has 0 heterocycles. The molecule has 0 bridgehead atoms. The molecule has 0 aliphatic heterocycles. The van der Waals surface area contributed by atoms with E-state index >= 15 is 0 Å². The van der Waals surface area contributed by atoms with Gasteiger partial charge in [-0.3, -0.25) is 10.1 Å². The van der Waals surface area contributed by atoms with E-state index in [0.29, 0.717) is 0 Å². The molecule has 0 aliphatic carbocycles. The van der Waals surface area contributed by atoms with Gasteiger partial charge < -0.3 is 0 Å². The molecule has 0 radical (unpaired) electrons. The lowest BCUT2D eigenvalue weighted by Gasteiger charge is -2.04. The Bertz CT molecular complexity index is 459. The summed E-state index contributed by atoms with van der Waals surface area (Å²) in [6.45, 7) is 2.27. The van der Waals surface area contributed by atoms with E-state index in [9.17, 15) is 10.1 Å². The van der Waals surface area contributed by atoms with E-state index in [-0.39, 0.29) is 10.6 Å². The summed E-state index contributed by atoms with van der Waals surface area (Å²) < 4.78 is 0. The Morgan fingerprint density at radius 3 is 1.64 bits per heavy atom. The van der Waals surface area contributed by atoms with Crippen molar-refractivity contribution in [1.29, 1.82) is 0 Å². The first kappa shape index (κ1) is 21.7. The average Bonchev–Trinajstić information content (AvgIpc) is 2.62. The van der Waals surface area contributed by atoms with Crippen molar-refractivity contribution in [3.8, 4) is 0 Å². The van der Waals surface area contributed by atoms with Gasteiger partial charge in [-0.15, -0.1) is 0 Å². The van der Waals surface area contributed by atoms with Gasteiger partial charge in [0, 0.05) is 11.6 Å². The van der Waals surface area contributed by atoms with Crippen LogP contribution in [0.2, 0.25) is 0 Å². The monoisotopic (exact) mass is 347 g/mol. The van der Waals surface area contributed by atoms with Crippen LogP contribution in [0, 0.1) is 10.1 Å². The number of nitrogens with zero attached hydrogens (tertiary/aromatic N) is 1. The molecule has 3 nitrogen and oxygen atoms in total. The zero-order valence-electron chi connectivity index (χ0n) is 16.2. The number of nitro benzene ring substituents is 1. The van der Waals surface area contributed by atoms with E-state index < -0.39 is 0 Å². The summed E-state index contributed by atoms with van der Waals surface area (Å²) in [4.78, 5) is 10.7. The fraction of sp³-hybridized carbons (Fsp3) is 0.727. The lowest BCUT2D eigenvalue weighted by atomic mass is 10.0. The Kier molecular flexibility index (Phi) is 12.9. The third-order valence-corrected chi connectivity index (χ3v) is 4.99. The molecule has 0 atom stereocenters. The molecule has 0 N–H and O–H groups in total. The van der Waals surface area contributed by atoms with Crippen molar-refractivity contribution < 1.29 is 4.92 Å². The van der Waals surface area contributed by atoms with Crippen LogP contribution < -0.4 is 0 Å². The van der Waals surface area contributed by atoms with Crippen LogP contribution in [0.15, 0.2) is 24.3 Å². The topological polar surface area (TPSA) is 43.1 Å². The SMILES string of the molecule is CCCCCCCCCCCCCCCCc1ccccc1[N+](=O)[O-]. The smallest absolute Gasteiger partial charge is 0.258 e. The maximum Gasteiger partial charge on any atom is 0.272 e. The molecule has 0 aliphatic rings. The standard InChI is InChI=1S/C22H37NO2/c1-2-3-4-5-6-7-8-9-10-11-12-13-14-15-18-21-19-16-17-20-22(21)23(24)25/h16-17,19-20H,2-15,18H2,1H3. The second-order valence-electron chi connectivity index (χ2n) is 7.23. The number of para-hydroxylation sites is 1. The number of aryl methyl sites for hydroxylation is 1. The summed E-state index contributed by atoms with van der Waals surface area (Å²) >= 11 is 0. The van der Waals surface area contributed by atoms with Crippen LogP contribution in [0.1, 0.15) is 102 Å². The van der Waals surface area contributed by atoms with E-state index in [0.717, 1.165) is 18.4 Å². The minimum atomic E-state index is -0.265. The van der Waals surface area contributed by atoms with Crippen LogP contribution in [0.3, 0.4) is 0 Å². The first-order valence-electron chi connectivity index (χ1n) is 10.5. The van der Waals surface area contributed by atoms with Crippen molar-refractivity contribution in [2.24, 2.45) is 0 Å². The molecule has 3 heteroatoms. The summed E-state index contributed by atoms with van der Waals surface area (Å²) in [6, 6.07) is 7.14. The molecule has 0 amide bonds. The van der Waals surface area contributed by atoms with Gasteiger partial charge in [-0.1, -0.05) is 109 Å². The maximum absolute atomic E-state index is 11.0. The van der Waals surface area contributed by atoms with Crippen molar-refractivity contribution in [3.63, 3.8) is 0 Å². The molecular weight excluding hydrogens is 310 g/mol. The number of rotatable bonds is 16. The number of unbranched alkanes of at least 4 members (excludes halogenated alkanes) is 13. The lowest BCUT2D eigenvalue weighted by molar-refractivity contribution is -0.385. The maximum atomic E-state index is 11.0. The third-order valence-electron chi connectivity index (χ3n) is 4.99. The predicted octanol–water partition coefficient (Wildman–Crippen LogP) is 7.62. The van der Waals surface area contributed by atoms with Crippen molar-refractivity contribution in [2.45, 2.75) is 103 Å². The Hall–Kier alpha value is -1.38. The van der Waals surface area contributed by atoms with Crippen molar-refractivity contribution in [1.82, 2.24) is 0 Å². The molecule has 0 saturated heterocycles. The van der Waals surface area contributed by atoms with Crippen LogP contribution in [0.5, 0.6) is 0 Å². The minimum Gasteiger partial charge on any atom is -0.258 e. The Balaban J connectivity index is 1.90. The number of hydrogen-bond donors (Lipinski definition) is 0. The normalized spacial score (nSPS) is 10.9.